The van der Waals surface area contributed by atoms with Gasteiger partial charge in [-0.1, -0.05) is 0 Å². The summed E-state index contributed by atoms with van der Waals surface area (Å²) in [5.41, 5.74) is 4.85. The van der Waals surface area contributed by atoms with E-state index in [1.54, 1.807) is 65.9 Å². The number of carbonyl (C=O) groups excluding carboxylic acids is 1. The van der Waals surface area contributed by atoms with Crippen LogP contribution in [0.25, 0.3) is 20.5 Å². The van der Waals surface area contributed by atoms with E-state index in [4.69, 9.17) is 4.74 Å². The van der Waals surface area contributed by atoms with E-state index in [9.17, 15) is 15.0 Å². The molecule has 2 aromatic heterocycles. The molecule has 0 fully saturated rings. The number of benzene rings is 3. The fraction of sp³-hybridized carbons (Fsp3) is 0.111. The summed E-state index contributed by atoms with van der Waals surface area (Å²) in [6.45, 7) is 2.54. The molecule has 7 heteroatoms. The molecule has 170 valence electrons. The lowest BCUT2D eigenvalue weighted by molar-refractivity contribution is 0.104. The Morgan fingerprint density at radius 1 is 0.971 bits per heavy atom. The molecule has 5 nitrogen and oxygen atoms in total. The third kappa shape index (κ3) is 4.40. The van der Waals surface area contributed by atoms with Gasteiger partial charge in [0.25, 0.3) is 0 Å². The Kier molecular flexibility index (Phi) is 6.04. The molecule has 34 heavy (non-hydrogen) atoms. The first-order valence-corrected chi connectivity index (χ1v) is 12.4. The predicted molar refractivity (Wildman–Crippen MR) is 137 cm³/mol. The highest BCUT2D eigenvalue weighted by atomic mass is 32.1. The summed E-state index contributed by atoms with van der Waals surface area (Å²) in [5.74, 6) is 0.918. The van der Waals surface area contributed by atoms with Gasteiger partial charge < -0.3 is 14.9 Å². The number of ether oxygens (including phenoxy) is 1. The van der Waals surface area contributed by atoms with E-state index >= 15 is 0 Å². The number of ketones is 1. The average molecular weight is 488 g/mol. The zero-order valence-electron chi connectivity index (χ0n) is 18.3. The Labute approximate surface area is 204 Å². The van der Waals surface area contributed by atoms with Crippen LogP contribution in [0.2, 0.25) is 0 Å². The third-order valence-corrected chi connectivity index (χ3v) is 7.79. The molecule has 0 unspecified atom stereocenters. The molecule has 0 bridgehead atoms. The average Bonchev–Trinajstić information content (AvgIpc) is 3.42. The number of rotatable bonds is 7. The zero-order chi connectivity index (χ0) is 23.7. The highest BCUT2D eigenvalue weighted by Crippen LogP contribution is 2.41. The molecule has 0 saturated carbocycles. The van der Waals surface area contributed by atoms with Gasteiger partial charge in [-0.2, -0.15) is 0 Å². The van der Waals surface area contributed by atoms with Crippen molar-refractivity contribution in [3.8, 4) is 27.7 Å². The number of hydrogen-bond acceptors (Lipinski definition) is 7. The van der Waals surface area contributed by atoms with Gasteiger partial charge in [0.1, 0.15) is 17.2 Å². The molecule has 0 spiro atoms. The van der Waals surface area contributed by atoms with E-state index in [0.717, 1.165) is 32.6 Å². The fourth-order valence-electron chi connectivity index (χ4n) is 3.80. The summed E-state index contributed by atoms with van der Waals surface area (Å²) in [6, 6.07) is 19.0. The van der Waals surface area contributed by atoms with Crippen molar-refractivity contribution < 1.29 is 19.7 Å². The van der Waals surface area contributed by atoms with Crippen LogP contribution < -0.4 is 4.74 Å². The molecular weight excluding hydrogens is 466 g/mol. The lowest BCUT2D eigenvalue weighted by Gasteiger charge is -2.08. The fourth-order valence-corrected chi connectivity index (χ4v) is 5.80. The number of fused-ring (bicyclic) bond motifs is 1. The second-order valence-corrected chi connectivity index (χ2v) is 9.84. The maximum atomic E-state index is 13.6. The summed E-state index contributed by atoms with van der Waals surface area (Å²) in [5, 5.41) is 20.4. The number of aromatic hydroxyl groups is 2. The van der Waals surface area contributed by atoms with Crippen molar-refractivity contribution in [2.24, 2.45) is 0 Å². The van der Waals surface area contributed by atoms with E-state index in [1.165, 1.54) is 16.2 Å². The van der Waals surface area contributed by atoms with Crippen LogP contribution in [0.4, 0.5) is 0 Å². The topological polar surface area (TPSA) is 79.7 Å². The molecule has 0 aliphatic heterocycles. The zero-order valence-corrected chi connectivity index (χ0v) is 20.0. The monoisotopic (exact) mass is 487 g/mol. The first kappa shape index (κ1) is 22.1. The molecule has 5 rings (SSSR count). The van der Waals surface area contributed by atoms with Gasteiger partial charge in [-0.25, -0.2) is 4.98 Å². The van der Waals surface area contributed by atoms with E-state index in [-0.39, 0.29) is 17.3 Å². The number of hydrogen-bond donors (Lipinski definition) is 2. The standard InChI is InChI=1S/C27H21NO4S2/c1-16-23(33-15-28-16)12-13-32-21-9-4-17(5-10-21)26(31)25-22-11-8-20(30)14-24(22)34-27(25)18-2-6-19(29)7-3-18/h2-11,14-15,29-30H,12-13H2,1H3. The van der Waals surface area contributed by atoms with Gasteiger partial charge in [0.2, 0.25) is 0 Å². The number of aromatic nitrogens is 1. The summed E-state index contributed by atoms with van der Waals surface area (Å²) in [4.78, 5) is 19.9. The summed E-state index contributed by atoms with van der Waals surface area (Å²) in [6.07, 6.45) is 0.793. The first-order valence-electron chi connectivity index (χ1n) is 10.7. The minimum Gasteiger partial charge on any atom is -0.508 e. The van der Waals surface area contributed by atoms with Crippen LogP contribution in [0, 0.1) is 6.92 Å². The minimum atomic E-state index is -0.105. The molecule has 5 aromatic rings. The Hall–Kier alpha value is -3.68. The van der Waals surface area contributed by atoms with Crippen molar-refractivity contribution in [3.63, 3.8) is 0 Å². The molecule has 0 aliphatic carbocycles. The van der Waals surface area contributed by atoms with Crippen LogP contribution in [0.5, 0.6) is 17.2 Å². The molecular formula is C27H21NO4S2. The molecule has 3 aromatic carbocycles. The molecule has 0 radical (unpaired) electrons. The van der Waals surface area contributed by atoms with Crippen LogP contribution in [0.3, 0.4) is 0 Å². The predicted octanol–water partition coefficient (Wildman–Crippen LogP) is 6.60. The highest BCUT2D eigenvalue weighted by Gasteiger charge is 2.22. The van der Waals surface area contributed by atoms with Crippen molar-refractivity contribution in [1.29, 1.82) is 0 Å². The minimum absolute atomic E-state index is 0.105. The Morgan fingerprint density at radius 3 is 2.41 bits per heavy atom. The van der Waals surface area contributed by atoms with Crippen LogP contribution in [0.1, 0.15) is 26.5 Å². The number of phenolic OH excluding ortho intramolecular Hbond substituents is 2. The number of aryl methyl sites for hydroxylation is 1. The lowest BCUT2D eigenvalue weighted by Crippen LogP contribution is -2.04. The van der Waals surface area contributed by atoms with Crippen molar-refractivity contribution in [1.82, 2.24) is 4.98 Å². The van der Waals surface area contributed by atoms with E-state index in [0.29, 0.717) is 23.5 Å². The van der Waals surface area contributed by atoms with Gasteiger partial charge in [0.15, 0.2) is 5.78 Å². The maximum absolute atomic E-state index is 13.6. The summed E-state index contributed by atoms with van der Waals surface area (Å²) < 4.78 is 6.69. The van der Waals surface area contributed by atoms with Crippen molar-refractivity contribution in [3.05, 3.63) is 93.9 Å². The summed E-state index contributed by atoms with van der Waals surface area (Å²) in [7, 11) is 0. The Balaban J connectivity index is 1.43. The van der Waals surface area contributed by atoms with E-state index in [2.05, 4.69) is 4.98 Å². The number of phenols is 2. The molecule has 0 aliphatic rings. The SMILES string of the molecule is Cc1ncsc1CCOc1ccc(C(=O)c2c(-c3ccc(O)cc3)sc3cc(O)ccc23)cc1. The molecule has 0 saturated heterocycles. The third-order valence-electron chi connectivity index (χ3n) is 5.59. The molecule has 0 atom stereocenters. The molecule has 2 heterocycles. The molecule has 0 amide bonds. The van der Waals surface area contributed by atoms with Gasteiger partial charge >= 0.3 is 0 Å². The van der Waals surface area contributed by atoms with Gasteiger partial charge in [0, 0.05) is 37.4 Å². The Morgan fingerprint density at radius 2 is 1.71 bits per heavy atom. The van der Waals surface area contributed by atoms with Gasteiger partial charge in [-0.05, 0) is 79.2 Å². The Bertz CT molecular complexity index is 1470. The summed E-state index contributed by atoms with van der Waals surface area (Å²) >= 11 is 3.07. The lowest BCUT2D eigenvalue weighted by atomic mass is 9.97. The number of nitrogens with zero attached hydrogens (tertiary/aromatic N) is 1. The normalized spacial score (nSPS) is 11.1. The van der Waals surface area contributed by atoms with E-state index in [1.807, 2.05) is 24.6 Å². The smallest absolute Gasteiger partial charge is 0.195 e. The van der Waals surface area contributed by atoms with Crippen molar-refractivity contribution >= 4 is 38.5 Å². The maximum Gasteiger partial charge on any atom is 0.195 e. The van der Waals surface area contributed by atoms with Crippen LogP contribution in [0.15, 0.2) is 72.2 Å². The van der Waals surface area contributed by atoms with Crippen LogP contribution in [-0.2, 0) is 6.42 Å². The number of thiazole rings is 1. The van der Waals surface area contributed by atoms with Crippen LogP contribution in [-0.4, -0.2) is 27.6 Å². The first-order chi connectivity index (χ1) is 16.5. The number of thiophene rings is 1. The van der Waals surface area contributed by atoms with Gasteiger partial charge in [-0.3, -0.25) is 4.79 Å². The molecule has 2 N–H and O–H groups in total. The highest BCUT2D eigenvalue weighted by molar-refractivity contribution is 7.22. The van der Waals surface area contributed by atoms with Gasteiger partial charge in [-0.15, -0.1) is 22.7 Å². The second-order valence-electron chi connectivity index (χ2n) is 7.85. The number of carbonyl (C=O) groups is 1. The van der Waals surface area contributed by atoms with Crippen LogP contribution >= 0.6 is 22.7 Å². The van der Waals surface area contributed by atoms with Crippen molar-refractivity contribution in [2.75, 3.05) is 6.61 Å². The quantitative estimate of drug-likeness (QED) is 0.253. The van der Waals surface area contributed by atoms with E-state index < -0.39 is 0 Å². The van der Waals surface area contributed by atoms with Gasteiger partial charge in [0.05, 0.1) is 17.8 Å². The van der Waals surface area contributed by atoms with Crippen molar-refractivity contribution in [2.45, 2.75) is 13.3 Å². The second kappa shape index (κ2) is 9.29. The largest absolute Gasteiger partial charge is 0.508 e.